The average Bonchev–Trinajstić information content (AvgIpc) is 3.46. The summed E-state index contributed by atoms with van der Waals surface area (Å²) in [6.45, 7) is 6.09. The van der Waals surface area contributed by atoms with Gasteiger partial charge in [-0.15, -0.1) is 0 Å². The van der Waals surface area contributed by atoms with Gasteiger partial charge < -0.3 is 26.3 Å². The number of carbonyl (C=O) groups excluding carboxylic acids is 3. The summed E-state index contributed by atoms with van der Waals surface area (Å²) in [5.74, 6) is -0.245. The van der Waals surface area contributed by atoms with Crippen LogP contribution in [0, 0.1) is 11.8 Å². The van der Waals surface area contributed by atoms with Crippen molar-refractivity contribution in [1.82, 2.24) is 20.5 Å². The molecule has 2 aliphatic rings. The number of benzene rings is 1. The Morgan fingerprint density at radius 1 is 1.12 bits per heavy atom. The van der Waals surface area contributed by atoms with Gasteiger partial charge in [0, 0.05) is 29.7 Å². The van der Waals surface area contributed by atoms with Crippen molar-refractivity contribution in [3.8, 4) is 0 Å². The summed E-state index contributed by atoms with van der Waals surface area (Å²) in [6, 6.07) is 6.26. The first-order chi connectivity index (χ1) is 15.3. The van der Waals surface area contributed by atoms with Crippen molar-refractivity contribution in [2.75, 3.05) is 6.54 Å². The highest BCUT2D eigenvalue weighted by atomic mass is 16.2. The minimum absolute atomic E-state index is 0.0508. The number of nitrogens with two attached hydrogens (primary N) is 1. The van der Waals surface area contributed by atoms with E-state index in [1.165, 1.54) is 0 Å². The molecule has 1 aliphatic heterocycles. The lowest BCUT2D eigenvalue weighted by Crippen LogP contribution is -2.58. The molecular formula is C24H33N5O3. The Labute approximate surface area is 188 Å². The molecular weight excluding hydrogens is 406 g/mol. The van der Waals surface area contributed by atoms with Crippen LogP contribution >= 0.6 is 0 Å². The largest absolute Gasteiger partial charge is 0.360 e. The quantitative estimate of drug-likeness (QED) is 0.548. The molecule has 0 bridgehead atoms. The molecule has 8 heteroatoms. The van der Waals surface area contributed by atoms with Gasteiger partial charge in [-0.3, -0.25) is 14.4 Å². The molecule has 3 amide bonds. The van der Waals surface area contributed by atoms with Crippen molar-refractivity contribution in [3.63, 3.8) is 0 Å². The fourth-order valence-electron chi connectivity index (χ4n) is 5.20. The number of H-pyrrole nitrogens is 1. The normalized spacial score (nSPS) is 24.4. The Bertz CT molecular complexity index is 1010. The first-order valence-electron chi connectivity index (χ1n) is 11.5. The zero-order valence-electron chi connectivity index (χ0n) is 18.9. The molecule has 1 aromatic carbocycles. The molecule has 172 valence electrons. The Morgan fingerprint density at radius 3 is 2.59 bits per heavy atom. The molecule has 1 saturated carbocycles. The number of aromatic nitrogens is 1. The second-order valence-electron chi connectivity index (χ2n) is 9.50. The van der Waals surface area contributed by atoms with Crippen molar-refractivity contribution in [1.29, 1.82) is 0 Å². The smallest absolute Gasteiger partial charge is 0.253 e. The lowest BCUT2D eigenvalue weighted by Gasteiger charge is -2.34. The van der Waals surface area contributed by atoms with Crippen LogP contribution in [0.1, 0.15) is 50.4 Å². The number of rotatable bonds is 6. The van der Waals surface area contributed by atoms with Gasteiger partial charge in [0.05, 0.1) is 17.6 Å². The fourth-order valence-corrected chi connectivity index (χ4v) is 5.20. The highest BCUT2D eigenvalue weighted by Crippen LogP contribution is 2.39. The molecule has 1 saturated heterocycles. The van der Waals surface area contributed by atoms with Crippen LogP contribution < -0.4 is 16.4 Å². The topological polar surface area (TPSA) is 120 Å². The van der Waals surface area contributed by atoms with Crippen LogP contribution in [0.5, 0.6) is 0 Å². The highest BCUT2D eigenvalue weighted by molar-refractivity contribution is 6.06. The number of para-hydroxylation sites is 1. The van der Waals surface area contributed by atoms with E-state index in [1.54, 1.807) is 13.1 Å². The summed E-state index contributed by atoms with van der Waals surface area (Å²) in [6.07, 6.45) is 4.47. The van der Waals surface area contributed by atoms with E-state index in [4.69, 9.17) is 5.73 Å². The van der Waals surface area contributed by atoms with Crippen LogP contribution in [-0.4, -0.2) is 58.3 Å². The second kappa shape index (κ2) is 8.94. The molecule has 3 unspecified atom stereocenters. The molecule has 1 aromatic heterocycles. The van der Waals surface area contributed by atoms with Crippen molar-refractivity contribution in [3.05, 3.63) is 36.0 Å². The van der Waals surface area contributed by atoms with Gasteiger partial charge in [0.25, 0.3) is 5.91 Å². The molecule has 0 radical (unpaired) electrons. The Morgan fingerprint density at radius 2 is 1.88 bits per heavy atom. The SMILES string of the molecule is CC(C)[C@H](NC(=O)[C@H](C)N)C(=O)N1CCC2CCC(NC(=O)c3c[nH]c4ccccc34)C21. The maximum atomic E-state index is 13.5. The van der Waals surface area contributed by atoms with E-state index in [2.05, 4.69) is 15.6 Å². The number of carbonyl (C=O) groups is 3. The van der Waals surface area contributed by atoms with Crippen molar-refractivity contribution >= 4 is 28.6 Å². The van der Waals surface area contributed by atoms with E-state index >= 15 is 0 Å². The van der Waals surface area contributed by atoms with Gasteiger partial charge in [-0.05, 0) is 44.1 Å². The van der Waals surface area contributed by atoms with Gasteiger partial charge in [-0.2, -0.15) is 0 Å². The third-order valence-electron chi connectivity index (χ3n) is 6.92. The zero-order valence-corrected chi connectivity index (χ0v) is 18.9. The van der Waals surface area contributed by atoms with E-state index < -0.39 is 12.1 Å². The van der Waals surface area contributed by atoms with Crippen molar-refractivity contribution in [2.24, 2.45) is 17.6 Å². The van der Waals surface area contributed by atoms with Gasteiger partial charge >= 0.3 is 0 Å². The number of hydrogen-bond acceptors (Lipinski definition) is 4. The molecule has 2 fully saturated rings. The third-order valence-corrected chi connectivity index (χ3v) is 6.92. The standard InChI is InChI=1S/C24H33N5O3/c1-13(2)20(28-22(30)14(3)25)24(32)29-11-10-15-8-9-19(21(15)29)27-23(31)17-12-26-18-7-5-4-6-16(17)18/h4-7,12-15,19-21,26H,8-11,25H2,1-3H3,(H,27,31)(H,28,30)/t14-,15?,19?,20-,21?/m0/s1. The number of likely N-dealkylation sites (tertiary alicyclic amines) is 1. The Kier molecular flexibility index (Phi) is 6.24. The molecule has 5 N–H and O–H groups in total. The van der Waals surface area contributed by atoms with Crippen LogP contribution in [0.3, 0.4) is 0 Å². The zero-order chi connectivity index (χ0) is 23.0. The number of fused-ring (bicyclic) bond motifs is 2. The van der Waals surface area contributed by atoms with Crippen molar-refractivity contribution in [2.45, 2.75) is 64.2 Å². The van der Waals surface area contributed by atoms with Crippen LogP contribution in [0.4, 0.5) is 0 Å². The predicted octanol–water partition coefficient (Wildman–Crippen LogP) is 1.77. The van der Waals surface area contributed by atoms with Gasteiger partial charge in [-0.1, -0.05) is 32.0 Å². The summed E-state index contributed by atoms with van der Waals surface area (Å²) in [5.41, 5.74) is 7.23. The molecule has 4 rings (SSSR count). The molecule has 1 aliphatic carbocycles. The summed E-state index contributed by atoms with van der Waals surface area (Å²) >= 11 is 0. The predicted molar refractivity (Wildman–Crippen MR) is 123 cm³/mol. The summed E-state index contributed by atoms with van der Waals surface area (Å²) < 4.78 is 0. The van der Waals surface area contributed by atoms with Gasteiger partial charge in [0.1, 0.15) is 6.04 Å². The Balaban J connectivity index is 1.50. The average molecular weight is 440 g/mol. The minimum atomic E-state index is -0.676. The lowest BCUT2D eigenvalue weighted by atomic mass is 9.99. The highest BCUT2D eigenvalue weighted by Gasteiger charge is 2.48. The number of nitrogens with one attached hydrogen (secondary N) is 3. The van der Waals surface area contributed by atoms with Crippen LogP contribution in [0.25, 0.3) is 10.9 Å². The lowest BCUT2D eigenvalue weighted by molar-refractivity contribution is -0.139. The maximum Gasteiger partial charge on any atom is 0.253 e. The first-order valence-corrected chi connectivity index (χ1v) is 11.5. The van der Waals surface area contributed by atoms with Gasteiger partial charge in [0.15, 0.2) is 0 Å². The summed E-state index contributed by atoms with van der Waals surface area (Å²) in [7, 11) is 0. The fraction of sp³-hybridized carbons (Fsp3) is 0.542. The minimum Gasteiger partial charge on any atom is -0.360 e. The molecule has 2 aromatic rings. The molecule has 2 heterocycles. The summed E-state index contributed by atoms with van der Waals surface area (Å²) in [5, 5.41) is 6.91. The number of nitrogens with zero attached hydrogens (tertiary/aromatic N) is 1. The number of amides is 3. The van der Waals surface area contributed by atoms with Gasteiger partial charge in [0.2, 0.25) is 11.8 Å². The monoisotopic (exact) mass is 439 g/mol. The Hall–Kier alpha value is -2.87. The van der Waals surface area contributed by atoms with E-state index in [-0.39, 0.29) is 35.7 Å². The molecule has 5 atom stereocenters. The first kappa shape index (κ1) is 22.3. The maximum absolute atomic E-state index is 13.5. The third kappa shape index (κ3) is 4.11. The number of hydrogen-bond donors (Lipinski definition) is 4. The van der Waals surface area contributed by atoms with E-state index in [0.717, 1.165) is 30.2 Å². The van der Waals surface area contributed by atoms with E-state index in [0.29, 0.717) is 18.0 Å². The van der Waals surface area contributed by atoms with Crippen LogP contribution in [0.2, 0.25) is 0 Å². The molecule has 0 spiro atoms. The van der Waals surface area contributed by atoms with Crippen LogP contribution in [-0.2, 0) is 9.59 Å². The molecule has 8 nitrogen and oxygen atoms in total. The molecule has 32 heavy (non-hydrogen) atoms. The summed E-state index contributed by atoms with van der Waals surface area (Å²) in [4.78, 5) is 43.8. The number of aromatic amines is 1. The second-order valence-corrected chi connectivity index (χ2v) is 9.50. The van der Waals surface area contributed by atoms with Gasteiger partial charge in [-0.25, -0.2) is 0 Å². The van der Waals surface area contributed by atoms with Crippen molar-refractivity contribution < 1.29 is 14.4 Å². The van der Waals surface area contributed by atoms with E-state index in [1.807, 2.05) is 43.0 Å². The van der Waals surface area contributed by atoms with Crippen LogP contribution in [0.15, 0.2) is 30.5 Å². The van der Waals surface area contributed by atoms with E-state index in [9.17, 15) is 14.4 Å².